The van der Waals surface area contributed by atoms with Gasteiger partial charge in [-0.1, -0.05) is 157 Å². The molecule has 0 aliphatic rings. The number of rotatable bonds is 3. The van der Waals surface area contributed by atoms with Crippen LogP contribution in [0.25, 0.3) is 54.6 Å². The Hall–Kier alpha value is -2.74. The van der Waals surface area contributed by atoms with E-state index in [-0.39, 0.29) is 5.41 Å². The molecule has 0 saturated carbocycles. The molecule has 7 aromatic rings. The Labute approximate surface area is 328 Å². The molecule has 0 N–H and O–H groups in total. The van der Waals surface area contributed by atoms with Crippen LogP contribution < -0.4 is 0 Å². The van der Waals surface area contributed by atoms with Gasteiger partial charge < -0.3 is 0 Å². The van der Waals surface area contributed by atoms with Gasteiger partial charge in [-0.05, 0) is 52.6 Å². The maximum atomic E-state index is 4.93. The van der Waals surface area contributed by atoms with Crippen LogP contribution in [0.15, 0.2) is 109 Å². The number of fused-ring (bicyclic) bond motifs is 3. The summed E-state index contributed by atoms with van der Waals surface area (Å²) in [7, 11) is 11.0. The fourth-order valence-electron chi connectivity index (χ4n) is 6.83. The van der Waals surface area contributed by atoms with Crippen LogP contribution in [0.1, 0.15) is 73.9 Å². The summed E-state index contributed by atoms with van der Waals surface area (Å²) in [4.78, 5) is 0. The van der Waals surface area contributed by atoms with Gasteiger partial charge in [0.1, 0.15) is 0 Å². The average molecular weight is 807 g/mol. The Morgan fingerprint density at radius 3 is 1.86 bits per heavy atom. The molecule has 262 valence electrons. The van der Waals surface area contributed by atoms with Crippen LogP contribution in [-0.4, -0.2) is 9.52 Å². The third-order valence-electron chi connectivity index (χ3n) is 9.77. The number of halogens is 2. The topological polar surface area (TPSA) is 0 Å². The van der Waals surface area contributed by atoms with E-state index >= 15 is 0 Å². The first-order valence-corrected chi connectivity index (χ1v) is 26.1. The second-order valence-electron chi connectivity index (χ2n) is 14.8. The molecule has 7 rings (SSSR count). The first-order chi connectivity index (χ1) is 24.3. The number of hydrogen-bond donors (Lipinski definition) is 0. The number of aryl methyl sites for hydroxylation is 2. The van der Waals surface area contributed by atoms with Crippen LogP contribution >= 0.6 is 17.0 Å². The maximum absolute atomic E-state index is 4.93. The molecule has 2 radical (unpaired) electrons. The Bertz CT molecular complexity index is 2190. The van der Waals surface area contributed by atoms with Crippen molar-refractivity contribution in [3.8, 4) is 22.3 Å². The zero-order valence-corrected chi connectivity index (χ0v) is 37.2. The molecule has 51 heavy (non-hydrogen) atoms. The van der Waals surface area contributed by atoms with Gasteiger partial charge in [0.25, 0.3) is 0 Å². The van der Waals surface area contributed by atoms with Crippen molar-refractivity contribution in [3.05, 3.63) is 143 Å². The van der Waals surface area contributed by atoms with Gasteiger partial charge in [-0.15, -0.1) is 62.5 Å². The van der Waals surface area contributed by atoms with Crippen molar-refractivity contribution in [3.63, 3.8) is 0 Å². The summed E-state index contributed by atoms with van der Waals surface area (Å²) in [6.07, 6.45) is 0. The predicted molar refractivity (Wildman–Crippen MR) is 228 cm³/mol. The van der Waals surface area contributed by atoms with Crippen LogP contribution in [0.5, 0.6) is 0 Å². The van der Waals surface area contributed by atoms with Crippen LogP contribution in [0, 0.1) is 27.7 Å². The molecule has 0 aromatic heterocycles. The average Bonchev–Trinajstić information content (AvgIpc) is 3.72. The van der Waals surface area contributed by atoms with Crippen molar-refractivity contribution in [2.45, 2.75) is 86.7 Å². The summed E-state index contributed by atoms with van der Waals surface area (Å²) in [6, 6.07) is 40.3. The van der Waals surface area contributed by atoms with E-state index in [1.54, 1.807) is 0 Å². The Morgan fingerprint density at radius 1 is 0.647 bits per heavy atom. The van der Waals surface area contributed by atoms with Crippen molar-refractivity contribution in [2.75, 3.05) is 0 Å². The van der Waals surface area contributed by atoms with E-state index in [1.807, 2.05) is 0 Å². The van der Waals surface area contributed by atoms with Crippen LogP contribution in [-0.2, 0) is 26.3 Å². The van der Waals surface area contributed by atoms with Gasteiger partial charge in [0.2, 0.25) is 0 Å². The Morgan fingerprint density at radius 2 is 1.24 bits per heavy atom. The summed E-state index contributed by atoms with van der Waals surface area (Å²) in [5.41, 5.74) is 14.0. The predicted octanol–water partition coefficient (Wildman–Crippen LogP) is 15.4. The van der Waals surface area contributed by atoms with E-state index in [2.05, 4.69) is 185 Å². The van der Waals surface area contributed by atoms with Crippen molar-refractivity contribution in [2.24, 2.45) is 0 Å². The molecular formula is C47H52Cl2SiZr. The molecule has 0 spiro atoms. The van der Waals surface area contributed by atoms with Crippen molar-refractivity contribution >= 4 is 58.9 Å². The van der Waals surface area contributed by atoms with Gasteiger partial charge in [-0.2, -0.15) is 12.1 Å². The van der Waals surface area contributed by atoms with Gasteiger partial charge in [0.05, 0.1) is 0 Å². The molecule has 0 unspecified atom stereocenters. The summed E-state index contributed by atoms with van der Waals surface area (Å²) in [5.74, 6) is 0.573. The van der Waals surface area contributed by atoms with E-state index in [1.165, 1.54) is 88.0 Å². The monoisotopic (exact) mass is 804 g/mol. The normalized spacial score (nSPS) is 11.0. The summed E-state index contributed by atoms with van der Waals surface area (Å²) in [6.45, 7) is 24.5. The van der Waals surface area contributed by atoms with E-state index in [9.17, 15) is 0 Å². The zero-order chi connectivity index (χ0) is 37.5. The van der Waals surface area contributed by atoms with Gasteiger partial charge >= 0.3 is 37.9 Å². The first kappa shape index (κ1) is 41.0. The molecule has 0 atom stereocenters. The second-order valence-corrected chi connectivity index (χ2v) is 19.5. The van der Waals surface area contributed by atoms with Gasteiger partial charge in [-0.25, -0.2) is 0 Å². The van der Waals surface area contributed by atoms with Gasteiger partial charge in [0.15, 0.2) is 0 Å². The minimum absolute atomic E-state index is 0.204. The van der Waals surface area contributed by atoms with Crippen molar-refractivity contribution in [1.82, 2.24) is 0 Å². The molecule has 0 heterocycles. The van der Waals surface area contributed by atoms with E-state index in [4.69, 9.17) is 17.0 Å². The third-order valence-corrected chi connectivity index (χ3v) is 9.77. The standard InChI is InChI=1S/C23H21.C22H25.C2H6Si.2ClH.Zr/c1-14-12-21-16(3)15(2)17(4)23(22(21)13-14)20-11-7-9-18-8-5-6-10-19(18)20;1-15(2)18-13-17-7-6-8-20(21(17)14-18)16-9-11-19(12-10-16)22(3,4)5;1-3-2;;;/h5-13H,1-4H3;6-15H,1-5H3;1-2H3;2*1H;/q2*-1;;;;+4/p-2. The van der Waals surface area contributed by atoms with E-state index in [0.29, 0.717) is 5.92 Å². The fourth-order valence-corrected chi connectivity index (χ4v) is 6.83. The van der Waals surface area contributed by atoms with Crippen LogP contribution in [0.4, 0.5) is 0 Å². The third kappa shape index (κ3) is 9.63. The zero-order valence-electron chi connectivity index (χ0n) is 32.2. The van der Waals surface area contributed by atoms with Gasteiger partial charge in [-0.3, -0.25) is 0 Å². The van der Waals surface area contributed by atoms with E-state index in [0.717, 1.165) is 9.52 Å². The molecule has 0 aliphatic heterocycles. The number of benzene rings is 5. The SMILES string of the molecule is CC(C)c1cc2c(-c3ccc(C(C)(C)C)cc3)cccc2[cH-]1.C[Si]C.Cc1cc2c(-c3cccc4ccccc34)c(C)c(C)c(C)c2[cH-]1.[Cl][Zr+2][Cl]. The molecule has 0 bridgehead atoms. The molecule has 0 saturated heterocycles. The van der Waals surface area contributed by atoms with Crippen LogP contribution in [0.3, 0.4) is 0 Å². The van der Waals surface area contributed by atoms with Crippen molar-refractivity contribution < 1.29 is 20.8 Å². The summed E-state index contributed by atoms with van der Waals surface area (Å²) in [5, 5.41) is 8.14. The molecule has 4 heteroatoms. The Kier molecular flexibility index (Phi) is 14.8. The van der Waals surface area contributed by atoms with Crippen LogP contribution in [0.2, 0.25) is 13.1 Å². The van der Waals surface area contributed by atoms with Crippen molar-refractivity contribution in [1.29, 1.82) is 0 Å². The molecule has 0 fully saturated rings. The molecular weight excluding hydrogens is 755 g/mol. The Balaban J connectivity index is 0.000000199. The molecule has 0 nitrogen and oxygen atoms in total. The summed E-state index contributed by atoms with van der Waals surface area (Å²) >= 11 is -0.826. The molecule has 7 aromatic carbocycles. The minimum atomic E-state index is -0.826. The number of hydrogen-bond acceptors (Lipinski definition) is 0. The second kappa shape index (κ2) is 18.3. The molecule has 0 aliphatic carbocycles. The van der Waals surface area contributed by atoms with E-state index < -0.39 is 20.8 Å². The fraction of sp³-hybridized carbons (Fsp3) is 0.277. The first-order valence-electron chi connectivity index (χ1n) is 17.8. The molecule has 0 amide bonds. The quantitative estimate of drug-likeness (QED) is 0.123. The summed E-state index contributed by atoms with van der Waals surface area (Å²) < 4.78 is 0. The van der Waals surface area contributed by atoms with Gasteiger partial charge in [0, 0.05) is 9.52 Å².